The first-order valence-electron chi connectivity index (χ1n) is 3.40. The number of carboxylic acid groups (broad SMARTS) is 1. The SMILES string of the molecule is CC(O)C(C(=O)O)C(C)(C)O. The normalized spacial score (nSPS) is 17.5. The third-order valence-corrected chi connectivity index (χ3v) is 1.51. The minimum atomic E-state index is -1.39. The maximum absolute atomic E-state index is 10.5. The zero-order chi connectivity index (χ0) is 9.23. The Labute approximate surface area is 65.5 Å². The molecule has 0 aromatic rings. The molecule has 0 aliphatic rings. The number of carbonyl (C=O) groups is 1. The molecule has 0 aromatic carbocycles. The minimum Gasteiger partial charge on any atom is -0.481 e. The number of hydrogen-bond acceptors (Lipinski definition) is 3. The van der Waals surface area contributed by atoms with Gasteiger partial charge in [0.05, 0.1) is 11.7 Å². The summed E-state index contributed by atoms with van der Waals surface area (Å²) in [6.07, 6.45) is -1.05. The van der Waals surface area contributed by atoms with Gasteiger partial charge in [-0.3, -0.25) is 4.79 Å². The first kappa shape index (κ1) is 10.4. The molecule has 2 unspecified atom stereocenters. The van der Waals surface area contributed by atoms with Crippen molar-refractivity contribution in [2.75, 3.05) is 0 Å². The molecule has 0 saturated carbocycles. The van der Waals surface area contributed by atoms with Crippen LogP contribution in [0.5, 0.6) is 0 Å². The first-order chi connectivity index (χ1) is 4.76. The minimum absolute atomic E-state index is 1.05. The molecule has 4 heteroatoms. The number of aliphatic carboxylic acids is 1. The topological polar surface area (TPSA) is 77.8 Å². The van der Waals surface area contributed by atoms with Gasteiger partial charge in [0.2, 0.25) is 0 Å². The largest absolute Gasteiger partial charge is 0.481 e. The fourth-order valence-electron chi connectivity index (χ4n) is 1.10. The van der Waals surface area contributed by atoms with E-state index in [9.17, 15) is 9.90 Å². The Hall–Kier alpha value is -0.610. The van der Waals surface area contributed by atoms with E-state index in [1.807, 2.05) is 0 Å². The van der Waals surface area contributed by atoms with Crippen LogP contribution in [0.1, 0.15) is 20.8 Å². The number of carboxylic acids is 1. The standard InChI is InChI=1S/C7H14O4/c1-4(8)5(6(9)10)7(2,3)11/h4-5,8,11H,1-3H3,(H,9,10). The van der Waals surface area contributed by atoms with Gasteiger partial charge in [-0.15, -0.1) is 0 Å². The van der Waals surface area contributed by atoms with Gasteiger partial charge in [-0.2, -0.15) is 0 Å². The lowest BCUT2D eigenvalue weighted by molar-refractivity contribution is -0.156. The van der Waals surface area contributed by atoms with Crippen LogP contribution in [0.2, 0.25) is 0 Å². The van der Waals surface area contributed by atoms with E-state index in [0.29, 0.717) is 0 Å². The molecule has 0 fully saturated rings. The maximum atomic E-state index is 10.5. The van der Waals surface area contributed by atoms with Crippen LogP contribution < -0.4 is 0 Å². The van der Waals surface area contributed by atoms with Gasteiger partial charge in [0.15, 0.2) is 0 Å². The van der Waals surface area contributed by atoms with E-state index in [2.05, 4.69) is 0 Å². The van der Waals surface area contributed by atoms with E-state index in [1.165, 1.54) is 20.8 Å². The molecule has 0 radical (unpaired) electrons. The van der Waals surface area contributed by atoms with Crippen LogP contribution in [0.4, 0.5) is 0 Å². The van der Waals surface area contributed by atoms with Crippen LogP contribution >= 0.6 is 0 Å². The van der Waals surface area contributed by atoms with Gasteiger partial charge in [0.1, 0.15) is 5.92 Å². The summed E-state index contributed by atoms with van der Waals surface area (Å²) in [5.74, 6) is -2.32. The molecule has 2 atom stereocenters. The second kappa shape index (κ2) is 3.19. The molecule has 0 rings (SSSR count). The fraction of sp³-hybridized carbons (Fsp3) is 0.857. The Balaban J connectivity index is 4.49. The van der Waals surface area contributed by atoms with Crippen molar-refractivity contribution in [2.45, 2.75) is 32.5 Å². The molecule has 0 aliphatic carbocycles. The van der Waals surface area contributed by atoms with E-state index in [1.54, 1.807) is 0 Å². The van der Waals surface area contributed by atoms with E-state index in [-0.39, 0.29) is 0 Å². The maximum Gasteiger partial charge on any atom is 0.312 e. The highest BCUT2D eigenvalue weighted by Crippen LogP contribution is 2.20. The Kier molecular flexibility index (Phi) is 3.02. The van der Waals surface area contributed by atoms with Crippen molar-refractivity contribution >= 4 is 5.97 Å². The molecular formula is C7H14O4. The van der Waals surface area contributed by atoms with Gasteiger partial charge >= 0.3 is 5.97 Å². The highest BCUT2D eigenvalue weighted by molar-refractivity contribution is 5.72. The van der Waals surface area contributed by atoms with Crippen molar-refractivity contribution in [1.82, 2.24) is 0 Å². The molecule has 0 aliphatic heterocycles. The molecule has 11 heavy (non-hydrogen) atoms. The summed E-state index contributed by atoms with van der Waals surface area (Å²) in [6.45, 7) is 4.06. The molecule has 4 nitrogen and oxygen atoms in total. The molecule has 0 saturated heterocycles. The molecule has 66 valence electrons. The smallest absolute Gasteiger partial charge is 0.312 e. The monoisotopic (exact) mass is 162 g/mol. The van der Waals surface area contributed by atoms with E-state index < -0.39 is 23.6 Å². The van der Waals surface area contributed by atoms with Crippen molar-refractivity contribution < 1.29 is 20.1 Å². The molecule has 3 N–H and O–H groups in total. The fourth-order valence-corrected chi connectivity index (χ4v) is 1.10. The Morgan fingerprint density at radius 3 is 1.82 bits per heavy atom. The predicted molar refractivity (Wildman–Crippen MR) is 39.1 cm³/mol. The second-order valence-corrected chi connectivity index (χ2v) is 3.21. The number of aliphatic hydroxyl groups excluding tert-OH is 1. The third kappa shape index (κ3) is 2.86. The highest BCUT2D eigenvalue weighted by Gasteiger charge is 2.36. The Morgan fingerprint density at radius 1 is 1.45 bits per heavy atom. The van der Waals surface area contributed by atoms with Crippen LogP contribution in [0.3, 0.4) is 0 Å². The Bertz CT molecular complexity index is 145. The van der Waals surface area contributed by atoms with Crippen molar-refractivity contribution in [3.63, 3.8) is 0 Å². The van der Waals surface area contributed by atoms with Crippen molar-refractivity contribution in [3.05, 3.63) is 0 Å². The highest BCUT2D eigenvalue weighted by atomic mass is 16.4. The van der Waals surface area contributed by atoms with E-state index >= 15 is 0 Å². The van der Waals surface area contributed by atoms with Crippen LogP contribution in [0.25, 0.3) is 0 Å². The van der Waals surface area contributed by atoms with Gasteiger partial charge in [0, 0.05) is 0 Å². The molecular weight excluding hydrogens is 148 g/mol. The summed E-state index contributed by atoms with van der Waals surface area (Å²) >= 11 is 0. The second-order valence-electron chi connectivity index (χ2n) is 3.21. The van der Waals surface area contributed by atoms with Gasteiger partial charge in [0.25, 0.3) is 0 Å². The van der Waals surface area contributed by atoms with Crippen LogP contribution in [0, 0.1) is 5.92 Å². The van der Waals surface area contributed by atoms with Gasteiger partial charge in [-0.25, -0.2) is 0 Å². The summed E-state index contributed by atoms with van der Waals surface area (Å²) < 4.78 is 0. The van der Waals surface area contributed by atoms with Crippen LogP contribution in [0.15, 0.2) is 0 Å². The lowest BCUT2D eigenvalue weighted by Gasteiger charge is -2.27. The summed E-state index contributed by atoms with van der Waals surface area (Å²) in [7, 11) is 0. The summed E-state index contributed by atoms with van der Waals surface area (Å²) in [5.41, 5.74) is -1.39. The zero-order valence-corrected chi connectivity index (χ0v) is 6.90. The predicted octanol–water partition coefficient (Wildman–Crippen LogP) is -0.161. The summed E-state index contributed by atoms with van der Waals surface area (Å²) in [5, 5.41) is 26.8. The summed E-state index contributed by atoms with van der Waals surface area (Å²) in [4.78, 5) is 10.5. The molecule has 0 bridgehead atoms. The number of rotatable bonds is 3. The number of hydrogen-bond donors (Lipinski definition) is 3. The van der Waals surface area contributed by atoms with Gasteiger partial charge < -0.3 is 15.3 Å². The first-order valence-corrected chi connectivity index (χ1v) is 3.40. The number of aliphatic hydroxyl groups is 2. The Morgan fingerprint density at radius 2 is 1.82 bits per heavy atom. The molecule has 0 aromatic heterocycles. The van der Waals surface area contributed by atoms with Crippen LogP contribution in [-0.2, 0) is 4.79 Å². The van der Waals surface area contributed by atoms with E-state index in [4.69, 9.17) is 10.2 Å². The molecule has 0 heterocycles. The van der Waals surface area contributed by atoms with Crippen molar-refractivity contribution in [1.29, 1.82) is 0 Å². The quantitative estimate of drug-likeness (QED) is 0.538. The average Bonchev–Trinajstić information content (AvgIpc) is 1.54. The summed E-state index contributed by atoms with van der Waals surface area (Å²) in [6, 6.07) is 0. The zero-order valence-electron chi connectivity index (χ0n) is 6.90. The van der Waals surface area contributed by atoms with Gasteiger partial charge in [-0.05, 0) is 20.8 Å². The lowest BCUT2D eigenvalue weighted by Crippen LogP contribution is -2.43. The van der Waals surface area contributed by atoms with Crippen LogP contribution in [-0.4, -0.2) is 33.0 Å². The van der Waals surface area contributed by atoms with E-state index in [0.717, 1.165) is 0 Å². The third-order valence-electron chi connectivity index (χ3n) is 1.51. The lowest BCUT2D eigenvalue weighted by atomic mass is 9.87. The van der Waals surface area contributed by atoms with Crippen molar-refractivity contribution in [2.24, 2.45) is 5.92 Å². The van der Waals surface area contributed by atoms with Crippen molar-refractivity contribution in [3.8, 4) is 0 Å². The molecule has 0 spiro atoms. The molecule has 0 amide bonds. The van der Waals surface area contributed by atoms with Gasteiger partial charge in [-0.1, -0.05) is 0 Å². The average molecular weight is 162 g/mol.